The van der Waals surface area contributed by atoms with E-state index in [0.29, 0.717) is 5.02 Å². The van der Waals surface area contributed by atoms with Crippen LogP contribution in [0.1, 0.15) is 31.1 Å². The molecule has 0 aromatic heterocycles. The van der Waals surface area contributed by atoms with Gasteiger partial charge in [0.15, 0.2) is 0 Å². The standard InChI is InChI=1S/C15H8ClNO4/c16-9-4-5-11-12(7-9)14(19)17(13(11)18)10-3-1-2-8(6-10)15(20)21/h1-7H,(H,20,21). The lowest BCUT2D eigenvalue weighted by Gasteiger charge is -2.14. The summed E-state index contributed by atoms with van der Waals surface area (Å²) in [6, 6.07) is 10.1. The van der Waals surface area contributed by atoms with Crippen LogP contribution in [-0.4, -0.2) is 22.9 Å². The Morgan fingerprint density at radius 2 is 1.71 bits per heavy atom. The van der Waals surface area contributed by atoms with Crippen LogP contribution >= 0.6 is 11.6 Å². The molecule has 2 amide bonds. The second-order valence-electron chi connectivity index (χ2n) is 4.49. The van der Waals surface area contributed by atoms with Crippen molar-refractivity contribution in [2.45, 2.75) is 0 Å². The van der Waals surface area contributed by atoms with Gasteiger partial charge in [0.1, 0.15) is 0 Å². The fourth-order valence-electron chi connectivity index (χ4n) is 2.23. The van der Waals surface area contributed by atoms with E-state index < -0.39 is 17.8 Å². The van der Waals surface area contributed by atoms with Crippen LogP contribution in [0.15, 0.2) is 42.5 Å². The van der Waals surface area contributed by atoms with Gasteiger partial charge < -0.3 is 5.11 Å². The summed E-state index contributed by atoms with van der Waals surface area (Å²) in [5.74, 6) is -2.13. The molecule has 21 heavy (non-hydrogen) atoms. The van der Waals surface area contributed by atoms with Gasteiger partial charge in [0, 0.05) is 5.02 Å². The van der Waals surface area contributed by atoms with Crippen LogP contribution in [0.2, 0.25) is 5.02 Å². The van der Waals surface area contributed by atoms with Gasteiger partial charge in [0.25, 0.3) is 11.8 Å². The maximum Gasteiger partial charge on any atom is 0.335 e. The number of amides is 2. The number of carboxylic acid groups (broad SMARTS) is 1. The minimum absolute atomic E-state index is 0.00193. The Hall–Kier alpha value is -2.66. The van der Waals surface area contributed by atoms with Crippen molar-refractivity contribution in [3.63, 3.8) is 0 Å². The van der Waals surface area contributed by atoms with E-state index in [9.17, 15) is 14.4 Å². The first kappa shape index (κ1) is 13.3. The molecular weight excluding hydrogens is 294 g/mol. The lowest BCUT2D eigenvalue weighted by Crippen LogP contribution is -2.29. The van der Waals surface area contributed by atoms with Crippen molar-refractivity contribution >= 4 is 35.1 Å². The third-order valence-corrected chi connectivity index (χ3v) is 3.44. The fraction of sp³-hybridized carbons (Fsp3) is 0. The first-order valence-electron chi connectivity index (χ1n) is 6.01. The van der Waals surface area contributed by atoms with E-state index in [1.165, 1.54) is 42.5 Å². The van der Waals surface area contributed by atoms with E-state index in [-0.39, 0.29) is 22.4 Å². The molecule has 1 N–H and O–H groups in total. The van der Waals surface area contributed by atoms with Gasteiger partial charge in [-0.25, -0.2) is 9.69 Å². The highest BCUT2D eigenvalue weighted by Gasteiger charge is 2.36. The van der Waals surface area contributed by atoms with Crippen LogP contribution in [0.25, 0.3) is 0 Å². The van der Waals surface area contributed by atoms with Crippen molar-refractivity contribution in [2.24, 2.45) is 0 Å². The predicted octanol–water partition coefficient (Wildman–Crippen LogP) is 2.84. The molecule has 0 saturated carbocycles. The number of carboxylic acids is 1. The smallest absolute Gasteiger partial charge is 0.335 e. The van der Waals surface area contributed by atoms with Gasteiger partial charge in [-0.05, 0) is 36.4 Å². The van der Waals surface area contributed by atoms with Gasteiger partial charge >= 0.3 is 5.97 Å². The van der Waals surface area contributed by atoms with Gasteiger partial charge in [-0.3, -0.25) is 9.59 Å². The highest BCUT2D eigenvalue weighted by Crippen LogP contribution is 2.30. The quantitative estimate of drug-likeness (QED) is 0.866. The number of anilines is 1. The van der Waals surface area contributed by atoms with E-state index in [1.807, 2.05) is 0 Å². The summed E-state index contributed by atoms with van der Waals surface area (Å²) in [7, 11) is 0. The van der Waals surface area contributed by atoms with Crippen LogP contribution < -0.4 is 4.90 Å². The lowest BCUT2D eigenvalue weighted by molar-refractivity contribution is 0.0695. The van der Waals surface area contributed by atoms with E-state index in [2.05, 4.69) is 0 Å². The van der Waals surface area contributed by atoms with Gasteiger partial charge in [-0.1, -0.05) is 17.7 Å². The van der Waals surface area contributed by atoms with Gasteiger partial charge in [-0.2, -0.15) is 0 Å². The molecule has 2 aromatic rings. The molecule has 5 nitrogen and oxygen atoms in total. The van der Waals surface area contributed by atoms with Crippen LogP contribution in [0, 0.1) is 0 Å². The Kier molecular flexibility index (Phi) is 2.99. The molecule has 0 unspecified atom stereocenters. The average Bonchev–Trinajstić information content (AvgIpc) is 2.70. The largest absolute Gasteiger partial charge is 0.478 e. The number of hydrogen-bond acceptors (Lipinski definition) is 3. The molecule has 104 valence electrons. The van der Waals surface area contributed by atoms with Crippen molar-refractivity contribution in [1.29, 1.82) is 0 Å². The Labute approximate surface area is 124 Å². The third kappa shape index (κ3) is 2.08. The number of imide groups is 1. The number of carbonyl (C=O) groups excluding carboxylic acids is 2. The molecule has 0 bridgehead atoms. The molecule has 0 fully saturated rings. The molecular formula is C15H8ClNO4. The fourth-order valence-corrected chi connectivity index (χ4v) is 2.40. The molecule has 0 aliphatic carbocycles. The normalized spacial score (nSPS) is 13.5. The molecule has 0 radical (unpaired) electrons. The molecule has 1 aliphatic heterocycles. The van der Waals surface area contributed by atoms with Crippen molar-refractivity contribution in [1.82, 2.24) is 0 Å². The minimum Gasteiger partial charge on any atom is -0.478 e. The van der Waals surface area contributed by atoms with Gasteiger partial charge in [0.2, 0.25) is 0 Å². The second kappa shape index (κ2) is 4.71. The second-order valence-corrected chi connectivity index (χ2v) is 4.93. The summed E-state index contributed by atoms with van der Waals surface area (Å²) >= 11 is 5.84. The van der Waals surface area contributed by atoms with Crippen LogP contribution in [0.5, 0.6) is 0 Å². The number of benzene rings is 2. The van der Waals surface area contributed by atoms with E-state index >= 15 is 0 Å². The maximum atomic E-state index is 12.3. The topological polar surface area (TPSA) is 74.7 Å². The summed E-state index contributed by atoms with van der Waals surface area (Å²) in [6.45, 7) is 0. The molecule has 2 aromatic carbocycles. The zero-order chi connectivity index (χ0) is 15.1. The number of hydrogen-bond donors (Lipinski definition) is 1. The SMILES string of the molecule is O=C(O)c1cccc(N2C(=O)c3ccc(Cl)cc3C2=O)c1. The number of halogens is 1. The molecule has 6 heteroatoms. The predicted molar refractivity (Wildman–Crippen MR) is 76.0 cm³/mol. The van der Waals surface area contributed by atoms with Gasteiger partial charge in [-0.15, -0.1) is 0 Å². The summed E-state index contributed by atoms with van der Waals surface area (Å²) in [6.07, 6.45) is 0. The number of carbonyl (C=O) groups is 3. The number of aromatic carboxylic acids is 1. The maximum absolute atomic E-state index is 12.3. The summed E-state index contributed by atoms with van der Waals surface area (Å²) in [5, 5.41) is 9.35. The number of rotatable bonds is 2. The number of fused-ring (bicyclic) bond motifs is 1. The van der Waals surface area contributed by atoms with E-state index in [1.54, 1.807) is 0 Å². The lowest BCUT2D eigenvalue weighted by atomic mass is 10.1. The van der Waals surface area contributed by atoms with Crippen LogP contribution in [-0.2, 0) is 0 Å². The zero-order valence-corrected chi connectivity index (χ0v) is 11.3. The summed E-state index contributed by atoms with van der Waals surface area (Å²) in [4.78, 5) is 36.6. The Balaban J connectivity index is 2.10. The van der Waals surface area contributed by atoms with Crippen LogP contribution in [0.3, 0.4) is 0 Å². The molecule has 0 atom stereocenters. The van der Waals surface area contributed by atoms with Gasteiger partial charge in [0.05, 0.1) is 22.4 Å². The highest BCUT2D eigenvalue weighted by molar-refractivity contribution is 6.36. The molecule has 0 spiro atoms. The molecule has 1 heterocycles. The summed E-state index contributed by atoms with van der Waals surface area (Å²) in [5.41, 5.74) is 0.692. The summed E-state index contributed by atoms with van der Waals surface area (Å²) < 4.78 is 0. The van der Waals surface area contributed by atoms with Crippen molar-refractivity contribution in [3.8, 4) is 0 Å². The molecule has 1 aliphatic rings. The van der Waals surface area contributed by atoms with Crippen molar-refractivity contribution < 1.29 is 19.5 Å². The average molecular weight is 302 g/mol. The van der Waals surface area contributed by atoms with E-state index in [4.69, 9.17) is 16.7 Å². The monoisotopic (exact) mass is 301 g/mol. The van der Waals surface area contributed by atoms with Crippen molar-refractivity contribution in [3.05, 3.63) is 64.2 Å². The number of nitrogens with zero attached hydrogens (tertiary/aromatic N) is 1. The molecule has 0 saturated heterocycles. The molecule has 3 rings (SSSR count). The highest BCUT2D eigenvalue weighted by atomic mass is 35.5. The Morgan fingerprint density at radius 3 is 2.43 bits per heavy atom. The third-order valence-electron chi connectivity index (χ3n) is 3.20. The van der Waals surface area contributed by atoms with Crippen molar-refractivity contribution in [2.75, 3.05) is 4.90 Å². The first-order valence-corrected chi connectivity index (χ1v) is 6.38. The minimum atomic E-state index is -1.13. The van der Waals surface area contributed by atoms with E-state index in [0.717, 1.165) is 4.90 Å². The Morgan fingerprint density at radius 1 is 1.00 bits per heavy atom. The zero-order valence-electron chi connectivity index (χ0n) is 10.5. The Bertz CT molecular complexity index is 800. The first-order chi connectivity index (χ1) is 9.99. The van der Waals surface area contributed by atoms with Crippen LogP contribution in [0.4, 0.5) is 5.69 Å².